The minimum absolute atomic E-state index is 0.356. The molecule has 0 N–H and O–H groups in total. The fraction of sp³-hybridized carbons (Fsp3) is 0.0291. The van der Waals surface area contributed by atoms with Crippen LogP contribution in [0, 0.1) is 58.2 Å². The van der Waals surface area contributed by atoms with Crippen LogP contribution >= 0.6 is 0 Å². The van der Waals surface area contributed by atoms with Crippen LogP contribution in [0.5, 0.6) is 23.0 Å². The van der Waals surface area contributed by atoms with Crippen LogP contribution in [0.15, 0.2) is 341 Å². The predicted molar refractivity (Wildman–Crippen MR) is 440 cm³/mol. The van der Waals surface area contributed by atoms with Crippen molar-refractivity contribution in [2.45, 2.75) is 16.2 Å². The molecular weight excluding hydrogens is 1490 g/mol. The Morgan fingerprint density at radius 1 is 0.222 bits per heavy atom. The van der Waals surface area contributed by atoms with Crippen molar-refractivity contribution >= 4 is 46.3 Å². The van der Waals surface area contributed by atoms with Crippen LogP contribution in [0.3, 0.4) is 0 Å². The van der Waals surface area contributed by atoms with Crippen LogP contribution < -0.4 is 19.3 Å². The van der Waals surface area contributed by atoms with E-state index in [4.69, 9.17) is 9.47 Å². The molecule has 20 rings (SSSR count). The molecule has 4 aliphatic rings. The van der Waals surface area contributed by atoms with Crippen molar-refractivity contribution in [3.8, 4) is 67.5 Å². The quantitative estimate of drug-likeness (QED) is 0.0547. The molecule has 0 saturated heterocycles. The van der Waals surface area contributed by atoms with Crippen LogP contribution in [0.4, 0.5) is 78.0 Å². The zero-order chi connectivity index (χ0) is 79.9. The smallest absolute Gasteiger partial charge is 0.197 e. The summed E-state index contributed by atoms with van der Waals surface area (Å²) in [5, 5.41) is 0. The van der Waals surface area contributed by atoms with E-state index in [1.165, 1.54) is 24.3 Å². The fourth-order valence-corrected chi connectivity index (χ4v) is 18.6. The number of fused-ring (bicyclic) bond motifs is 16. The molecule has 0 fully saturated rings. The maximum Gasteiger partial charge on any atom is 0.197 e. The first-order valence-electron chi connectivity index (χ1n) is 37.8. The molecule has 4 aliphatic carbocycles. The van der Waals surface area contributed by atoms with Gasteiger partial charge in [0, 0.05) is 45.3 Å². The third-order valence-electron chi connectivity index (χ3n) is 23.6. The van der Waals surface area contributed by atoms with Crippen LogP contribution in [-0.2, 0) is 16.2 Å². The van der Waals surface area contributed by atoms with Crippen LogP contribution in [0.25, 0.3) is 56.7 Å². The molecule has 0 aromatic heterocycles. The predicted octanol–water partition coefficient (Wildman–Crippen LogP) is 28.0. The summed E-state index contributed by atoms with van der Waals surface area (Å²) in [7, 11) is 0. The molecule has 4 nitrogen and oxygen atoms in total. The summed E-state index contributed by atoms with van der Waals surface area (Å²) >= 11 is 0. The van der Waals surface area contributed by atoms with E-state index in [0.29, 0.717) is 113 Å². The van der Waals surface area contributed by atoms with E-state index in [-0.39, 0.29) is 0 Å². The summed E-state index contributed by atoms with van der Waals surface area (Å²) in [6.07, 6.45) is 3.41. The molecular formula is C103H60F10N2O2. The monoisotopic (exact) mass is 1550 g/mol. The van der Waals surface area contributed by atoms with E-state index < -0.39 is 85.5 Å². The minimum Gasteiger partial charge on any atom is -0.457 e. The highest BCUT2D eigenvalue weighted by molar-refractivity contribution is 5.99. The highest BCUT2D eigenvalue weighted by Gasteiger charge is 2.54. The van der Waals surface area contributed by atoms with E-state index in [2.05, 4.69) is 49.6 Å². The SMILES string of the molecule is C=Cc1ccc(Oc2ccc(C3(c4cc(F)c(F)c(F)c4F)c4ccccc4-c4ccc(N(c5ccc(F)cc5)c5ccc6c(c5)C5(c7ccccc7-6)c6ccccc6-c6ccc(N(c7ccc(F)cc7)c7ccc8c(c7)C(c7ccc(Oc9ccc(C=C)cc9)cc7)(c7cc(F)c(F)c(F)c7F)c7ccccc7-8)cc65)cc43)cc2)cc1. The van der Waals surface area contributed by atoms with Gasteiger partial charge in [-0.3, -0.25) is 0 Å². The lowest BCUT2D eigenvalue weighted by molar-refractivity contribution is 0.399. The van der Waals surface area contributed by atoms with Gasteiger partial charge in [0.1, 0.15) is 34.6 Å². The van der Waals surface area contributed by atoms with Gasteiger partial charge in [0.05, 0.1) is 16.2 Å². The Kier molecular flexibility index (Phi) is 16.7. The summed E-state index contributed by atoms with van der Waals surface area (Å²) in [6.45, 7) is 7.70. The molecule has 16 aromatic carbocycles. The Labute approximate surface area is 666 Å². The minimum atomic E-state index is -1.99. The fourth-order valence-electron chi connectivity index (χ4n) is 18.6. The number of nitrogens with zero attached hydrogens (tertiary/aromatic N) is 2. The highest BCUT2D eigenvalue weighted by atomic mass is 19.2. The maximum atomic E-state index is 17.6. The summed E-state index contributed by atoms with van der Waals surface area (Å²) < 4.78 is 175. The molecule has 564 valence electrons. The molecule has 0 amide bonds. The third-order valence-corrected chi connectivity index (χ3v) is 23.6. The van der Waals surface area contributed by atoms with Gasteiger partial charge in [0.25, 0.3) is 0 Å². The second-order valence-electron chi connectivity index (χ2n) is 29.5. The Balaban J connectivity index is 0.779. The summed E-state index contributed by atoms with van der Waals surface area (Å²) in [6, 6.07) is 95.4. The average molecular weight is 1550 g/mol. The molecule has 1 spiro atoms. The van der Waals surface area contributed by atoms with Crippen molar-refractivity contribution in [3.63, 3.8) is 0 Å². The lowest BCUT2D eigenvalue weighted by Gasteiger charge is -2.36. The molecule has 117 heavy (non-hydrogen) atoms. The summed E-state index contributed by atoms with van der Waals surface area (Å²) in [5.74, 6) is -13.6. The summed E-state index contributed by atoms with van der Waals surface area (Å²) in [4.78, 5) is 3.88. The van der Waals surface area contributed by atoms with Gasteiger partial charge < -0.3 is 19.3 Å². The van der Waals surface area contributed by atoms with Crippen molar-refractivity contribution in [2.75, 3.05) is 9.80 Å². The van der Waals surface area contributed by atoms with Gasteiger partial charge in [0.15, 0.2) is 46.5 Å². The number of halogens is 10. The van der Waals surface area contributed by atoms with Crippen molar-refractivity contribution in [1.82, 2.24) is 0 Å². The molecule has 16 aromatic rings. The third kappa shape index (κ3) is 10.8. The normalized spacial score (nSPS) is 15.9. The van der Waals surface area contributed by atoms with Crippen LogP contribution in [-0.4, -0.2) is 0 Å². The topological polar surface area (TPSA) is 24.9 Å². The van der Waals surface area contributed by atoms with E-state index in [1.807, 2.05) is 143 Å². The zero-order valence-corrected chi connectivity index (χ0v) is 61.7. The van der Waals surface area contributed by atoms with Gasteiger partial charge in [-0.1, -0.05) is 195 Å². The van der Waals surface area contributed by atoms with E-state index >= 15 is 43.9 Å². The van der Waals surface area contributed by atoms with Gasteiger partial charge in [-0.15, -0.1) is 0 Å². The number of rotatable bonds is 16. The Morgan fingerprint density at radius 3 is 0.778 bits per heavy atom. The molecule has 0 radical (unpaired) electrons. The lowest BCUT2D eigenvalue weighted by Crippen LogP contribution is -2.31. The average Bonchev–Trinajstić information content (AvgIpc) is 1.49. The number of hydrogen-bond acceptors (Lipinski definition) is 4. The zero-order valence-electron chi connectivity index (χ0n) is 61.7. The van der Waals surface area contributed by atoms with Gasteiger partial charge in [-0.05, 0) is 269 Å². The molecule has 0 bridgehead atoms. The van der Waals surface area contributed by atoms with E-state index in [9.17, 15) is 0 Å². The molecule has 0 saturated carbocycles. The highest BCUT2D eigenvalue weighted by Crippen LogP contribution is 2.66. The molecule has 14 heteroatoms. The Bertz CT molecular complexity index is 6400. The van der Waals surface area contributed by atoms with Crippen molar-refractivity contribution in [1.29, 1.82) is 0 Å². The van der Waals surface area contributed by atoms with Crippen molar-refractivity contribution in [2.24, 2.45) is 0 Å². The summed E-state index contributed by atoms with van der Waals surface area (Å²) in [5.41, 5.74) is 10.6. The molecule has 2 atom stereocenters. The first-order chi connectivity index (χ1) is 57.0. The second-order valence-corrected chi connectivity index (χ2v) is 29.5. The number of benzene rings is 16. The molecule has 0 aliphatic heterocycles. The molecule has 2 unspecified atom stereocenters. The van der Waals surface area contributed by atoms with E-state index in [1.54, 1.807) is 133 Å². The van der Waals surface area contributed by atoms with Crippen LogP contribution in [0.2, 0.25) is 0 Å². The lowest BCUT2D eigenvalue weighted by atomic mass is 9.67. The van der Waals surface area contributed by atoms with Crippen LogP contribution in [0.1, 0.15) is 77.9 Å². The Morgan fingerprint density at radius 2 is 0.479 bits per heavy atom. The van der Waals surface area contributed by atoms with Gasteiger partial charge >= 0.3 is 0 Å². The number of ether oxygens (including phenoxy) is 2. The first-order valence-corrected chi connectivity index (χ1v) is 37.8. The standard InChI is InChI=1S/C103H60F10N2O2/c1-3-59-21-41-71(42-22-59)116-73-45-25-61(26-46-73)101(91-57-93(106)97(110)99(112)95(91)108)83-17-9-5-13-75(83)79-49-37-67(53-87(79)101)114(65-33-29-63(104)30-34-65)69-39-51-81-77-15-7-11-19-85(77)103(89(81)55-69)86-20-12-8-16-78(86)82-52-40-70(56-90(82)103)115(66-35-31-64(105)32-36-66)68-38-50-80-76-14-6-10-18-84(76)102(88(80)54-68,92-58-94(107)98(111)100(113)96(92)109)62-27-47-74(48-28-62)117-72-43-23-60(4-2)24-44-72/h3-58H,1-2H2. The van der Waals surface area contributed by atoms with Gasteiger partial charge in [-0.25, -0.2) is 43.9 Å². The second kappa shape index (κ2) is 27.4. The first kappa shape index (κ1) is 71.5. The maximum absolute atomic E-state index is 17.6. The van der Waals surface area contributed by atoms with E-state index in [0.717, 1.165) is 67.8 Å². The Hall–Kier alpha value is -14.5. The van der Waals surface area contributed by atoms with Gasteiger partial charge in [0.2, 0.25) is 0 Å². The molecule has 0 heterocycles. The van der Waals surface area contributed by atoms with Crippen molar-refractivity contribution in [3.05, 3.63) is 477 Å². The number of anilines is 6. The van der Waals surface area contributed by atoms with Crippen molar-refractivity contribution < 1.29 is 53.4 Å². The van der Waals surface area contributed by atoms with Gasteiger partial charge in [-0.2, -0.15) is 0 Å². The number of hydrogen-bond donors (Lipinski definition) is 0. The largest absolute Gasteiger partial charge is 0.457 e.